The van der Waals surface area contributed by atoms with Gasteiger partial charge in [0.25, 0.3) is 0 Å². The van der Waals surface area contributed by atoms with Crippen LogP contribution >= 0.6 is 23.1 Å². The van der Waals surface area contributed by atoms with Crippen molar-refractivity contribution < 1.29 is 9.53 Å². The molecule has 0 saturated carbocycles. The zero-order valence-corrected chi connectivity index (χ0v) is 11.3. The quantitative estimate of drug-likeness (QED) is 0.831. The molecule has 1 saturated heterocycles. The molecule has 0 radical (unpaired) electrons. The summed E-state index contributed by atoms with van der Waals surface area (Å²) >= 11 is 3.60. The SMILES string of the molecule is O=C(CC1CSCCN1)OCCc1cccs1. The van der Waals surface area contributed by atoms with E-state index in [4.69, 9.17) is 4.74 Å². The molecule has 1 aromatic heterocycles. The van der Waals surface area contributed by atoms with Crippen molar-refractivity contribution in [3.8, 4) is 0 Å². The first-order valence-electron chi connectivity index (χ1n) is 5.84. The summed E-state index contributed by atoms with van der Waals surface area (Å²) in [7, 11) is 0. The number of rotatable bonds is 5. The van der Waals surface area contributed by atoms with Crippen molar-refractivity contribution >= 4 is 29.1 Å². The maximum atomic E-state index is 11.6. The predicted molar refractivity (Wildman–Crippen MR) is 72.7 cm³/mol. The fourth-order valence-corrected chi connectivity index (χ4v) is 3.37. The maximum Gasteiger partial charge on any atom is 0.307 e. The number of thiophene rings is 1. The summed E-state index contributed by atoms with van der Waals surface area (Å²) in [4.78, 5) is 12.8. The number of hydrogen-bond donors (Lipinski definition) is 1. The van der Waals surface area contributed by atoms with E-state index in [2.05, 4.69) is 11.4 Å². The first-order valence-corrected chi connectivity index (χ1v) is 7.87. The van der Waals surface area contributed by atoms with E-state index in [1.807, 2.05) is 23.2 Å². The monoisotopic (exact) mass is 271 g/mol. The van der Waals surface area contributed by atoms with Gasteiger partial charge in [0.15, 0.2) is 0 Å². The molecule has 1 aromatic rings. The molecule has 17 heavy (non-hydrogen) atoms. The Morgan fingerprint density at radius 3 is 3.24 bits per heavy atom. The van der Waals surface area contributed by atoms with Gasteiger partial charge in [0, 0.05) is 35.4 Å². The summed E-state index contributed by atoms with van der Waals surface area (Å²) in [6, 6.07) is 4.38. The lowest BCUT2D eigenvalue weighted by molar-refractivity contribution is -0.144. The van der Waals surface area contributed by atoms with Gasteiger partial charge in [0.1, 0.15) is 0 Å². The van der Waals surface area contributed by atoms with Gasteiger partial charge in [-0.15, -0.1) is 11.3 Å². The number of esters is 1. The second kappa shape index (κ2) is 7.03. The van der Waals surface area contributed by atoms with Crippen molar-refractivity contribution in [1.29, 1.82) is 0 Å². The molecule has 1 N–H and O–H groups in total. The lowest BCUT2D eigenvalue weighted by Gasteiger charge is -2.22. The van der Waals surface area contributed by atoms with Crippen LogP contribution in [0.25, 0.3) is 0 Å². The van der Waals surface area contributed by atoms with Gasteiger partial charge in [0.05, 0.1) is 13.0 Å². The highest BCUT2D eigenvalue weighted by Gasteiger charge is 2.17. The highest BCUT2D eigenvalue weighted by molar-refractivity contribution is 7.99. The van der Waals surface area contributed by atoms with Crippen molar-refractivity contribution in [2.45, 2.75) is 18.9 Å². The summed E-state index contributed by atoms with van der Waals surface area (Å²) in [5, 5.41) is 5.38. The largest absolute Gasteiger partial charge is 0.465 e. The topological polar surface area (TPSA) is 38.3 Å². The second-order valence-electron chi connectivity index (χ2n) is 3.98. The Balaban J connectivity index is 1.60. The molecule has 1 aliphatic heterocycles. The summed E-state index contributed by atoms with van der Waals surface area (Å²) in [6.45, 7) is 1.50. The van der Waals surface area contributed by atoms with Gasteiger partial charge < -0.3 is 10.1 Å². The molecule has 0 spiro atoms. The van der Waals surface area contributed by atoms with E-state index in [1.54, 1.807) is 11.3 Å². The number of nitrogens with one attached hydrogen (secondary N) is 1. The van der Waals surface area contributed by atoms with Crippen LogP contribution in [-0.4, -0.2) is 36.7 Å². The van der Waals surface area contributed by atoms with Gasteiger partial charge in [-0.05, 0) is 11.4 Å². The van der Waals surface area contributed by atoms with Crippen molar-refractivity contribution in [2.24, 2.45) is 0 Å². The van der Waals surface area contributed by atoms with Crippen LogP contribution in [0.4, 0.5) is 0 Å². The molecule has 0 aliphatic carbocycles. The Kier molecular flexibility index (Phi) is 5.35. The summed E-state index contributed by atoms with van der Waals surface area (Å²) in [6.07, 6.45) is 1.33. The Morgan fingerprint density at radius 1 is 1.59 bits per heavy atom. The standard InChI is InChI=1S/C12H17NO2S2/c14-12(8-10-9-16-7-4-13-10)15-5-3-11-2-1-6-17-11/h1-2,6,10,13H,3-5,7-9H2. The summed E-state index contributed by atoms with van der Waals surface area (Å²) in [5.41, 5.74) is 0. The molecule has 1 unspecified atom stereocenters. The molecule has 5 heteroatoms. The number of carbonyl (C=O) groups excluding carboxylic acids is 1. The maximum absolute atomic E-state index is 11.6. The van der Waals surface area contributed by atoms with E-state index < -0.39 is 0 Å². The van der Waals surface area contributed by atoms with E-state index in [-0.39, 0.29) is 5.97 Å². The molecule has 2 heterocycles. The fraction of sp³-hybridized carbons (Fsp3) is 0.583. The van der Waals surface area contributed by atoms with Crippen LogP contribution in [-0.2, 0) is 16.0 Å². The predicted octanol–water partition coefficient (Wildman–Crippen LogP) is 1.93. The normalized spacial score (nSPS) is 20.1. The van der Waals surface area contributed by atoms with E-state index in [1.165, 1.54) is 4.88 Å². The Morgan fingerprint density at radius 2 is 2.53 bits per heavy atom. The van der Waals surface area contributed by atoms with Crippen molar-refractivity contribution in [3.05, 3.63) is 22.4 Å². The molecule has 0 amide bonds. The second-order valence-corrected chi connectivity index (χ2v) is 6.16. The van der Waals surface area contributed by atoms with E-state index >= 15 is 0 Å². The van der Waals surface area contributed by atoms with Gasteiger partial charge in [-0.2, -0.15) is 11.8 Å². The van der Waals surface area contributed by atoms with Gasteiger partial charge in [0.2, 0.25) is 0 Å². The minimum absolute atomic E-state index is 0.0819. The number of hydrogen-bond acceptors (Lipinski definition) is 5. The fourth-order valence-electron chi connectivity index (χ4n) is 1.73. The summed E-state index contributed by atoms with van der Waals surface area (Å²) in [5.74, 6) is 2.07. The third kappa shape index (κ3) is 4.69. The van der Waals surface area contributed by atoms with E-state index in [9.17, 15) is 4.79 Å². The van der Waals surface area contributed by atoms with E-state index in [0.29, 0.717) is 19.1 Å². The third-order valence-corrected chi connectivity index (χ3v) is 4.67. The Labute approximate surface area is 110 Å². The highest BCUT2D eigenvalue weighted by atomic mass is 32.2. The van der Waals surface area contributed by atoms with Crippen molar-refractivity contribution in [2.75, 3.05) is 24.7 Å². The minimum Gasteiger partial charge on any atom is -0.465 e. The molecular formula is C12H17NO2S2. The van der Waals surface area contributed by atoms with Crippen molar-refractivity contribution in [3.63, 3.8) is 0 Å². The Bertz CT molecular complexity index is 334. The van der Waals surface area contributed by atoms with Gasteiger partial charge >= 0.3 is 5.97 Å². The molecule has 94 valence electrons. The zero-order valence-electron chi connectivity index (χ0n) is 9.69. The molecule has 1 atom stereocenters. The molecular weight excluding hydrogens is 254 g/mol. The average molecular weight is 271 g/mol. The lowest BCUT2D eigenvalue weighted by Crippen LogP contribution is -2.39. The molecule has 2 rings (SSSR count). The third-order valence-electron chi connectivity index (χ3n) is 2.60. The lowest BCUT2D eigenvalue weighted by atomic mass is 10.2. The first kappa shape index (κ1) is 12.9. The van der Waals surface area contributed by atoms with Gasteiger partial charge in [-0.1, -0.05) is 6.07 Å². The van der Waals surface area contributed by atoms with Gasteiger partial charge in [-0.3, -0.25) is 4.79 Å². The molecule has 1 fully saturated rings. The minimum atomic E-state index is -0.0819. The number of ether oxygens (including phenoxy) is 1. The van der Waals surface area contributed by atoms with Crippen LogP contribution in [0.5, 0.6) is 0 Å². The number of thioether (sulfide) groups is 1. The van der Waals surface area contributed by atoms with Crippen molar-refractivity contribution in [1.82, 2.24) is 5.32 Å². The van der Waals surface area contributed by atoms with Crippen LogP contribution in [0.2, 0.25) is 0 Å². The summed E-state index contributed by atoms with van der Waals surface area (Å²) < 4.78 is 5.24. The van der Waals surface area contributed by atoms with Crippen LogP contribution in [0.3, 0.4) is 0 Å². The first-order chi connectivity index (χ1) is 8.34. The van der Waals surface area contributed by atoms with Gasteiger partial charge in [-0.25, -0.2) is 0 Å². The smallest absolute Gasteiger partial charge is 0.307 e. The molecule has 1 aliphatic rings. The van der Waals surface area contributed by atoms with Crippen LogP contribution in [0, 0.1) is 0 Å². The highest BCUT2D eigenvalue weighted by Crippen LogP contribution is 2.12. The van der Waals surface area contributed by atoms with Crippen LogP contribution in [0.15, 0.2) is 17.5 Å². The zero-order chi connectivity index (χ0) is 11.9. The Hall–Kier alpha value is -0.520. The van der Waals surface area contributed by atoms with Crippen LogP contribution < -0.4 is 5.32 Å². The molecule has 3 nitrogen and oxygen atoms in total. The molecule has 0 bridgehead atoms. The van der Waals surface area contributed by atoms with E-state index in [0.717, 1.165) is 24.5 Å². The number of carbonyl (C=O) groups is 1. The average Bonchev–Trinajstić information content (AvgIpc) is 2.83. The van der Waals surface area contributed by atoms with Crippen LogP contribution in [0.1, 0.15) is 11.3 Å². The molecule has 0 aromatic carbocycles.